The molecule has 1 aromatic carbocycles. The van der Waals surface area contributed by atoms with E-state index >= 15 is 0 Å². The average Bonchev–Trinajstić information content (AvgIpc) is 3.09. The number of anilines is 2. The number of para-hydroxylation sites is 1. The minimum absolute atomic E-state index is 0.0128. The minimum atomic E-state index is -0.0128. The molecular weight excluding hydrogens is 314 g/mol. The summed E-state index contributed by atoms with van der Waals surface area (Å²) >= 11 is 0. The summed E-state index contributed by atoms with van der Waals surface area (Å²) in [5, 5.41) is 18.7. The topological polar surface area (TPSA) is 76.2 Å². The van der Waals surface area contributed by atoms with Gasteiger partial charge in [0.25, 0.3) is 0 Å². The van der Waals surface area contributed by atoms with Gasteiger partial charge in [-0.15, -0.1) is 0 Å². The van der Waals surface area contributed by atoms with Crippen LogP contribution in [-0.4, -0.2) is 38.3 Å². The number of hydrogen-bond acceptors (Lipinski definition) is 6. The highest BCUT2D eigenvalue weighted by molar-refractivity contribution is 5.68. The lowest BCUT2D eigenvalue weighted by atomic mass is 10.1. The van der Waals surface area contributed by atoms with Crippen LogP contribution in [0.1, 0.15) is 17.5 Å². The minimum Gasteiger partial charge on any atom is -0.485 e. The molecule has 0 bridgehead atoms. The maximum absolute atomic E-state index is 9.37. The Bertz CT molecular complexity index is 817. The highest BCUT2D eigenvalue weighted by Gasteiger charge is 2.28. The second-order valence-electron chi connectivity index (χ2n) is 6.12. The van der Waals surface area contributed by atoms with Gasteiger partial charge in [0.1, 0.15) is 18.2 Å². The highest BCUT2D eigenvalue weighted by Crippen LogP contribution is 2.31. The summed E-state index contributed by atoms with van der Waals surface area (Å²) in [4.78, 5) is 8.33. The normalized spacial score (nSPS) is 16.2. The first-order chi connectivity index (χ1) is 12.1. The van der Waals surface area contributed by atoms with Crippen LogP contribution in [0.3, 0.4) is 0 Å². The van der Waals surface area contributed by atoms with E-state index in [0.29, 0.717) is 23.4 Å². The van der Waals surface area contributed by atoms with Gasteiger partial charge < -0.3 is 14.5 Å². The molecule has 1 aliphatic rings. The Labute approximate surface area is 147 Å². The third-order valence-electron chi connectivity index (χ3n) is 4.21. The van der Waals surface area contributed by atoms with Gasteiger partial charge in [-0.2, -0.15) is 10.5 Å². The molecule has 2 aromatic rings. The highest BCUT2D eigenvalue weighted by atomic mass is 16.5. The number of rotatable bonds is 4. The predicted octanol–water partition coefficient (Wildman–Crippen LogP) is 2.55. The molecule has 0 spiro atoms. The SMILES string of the molecule is CN(C)c1ncccc1OC1CCN(c2c(C#N)cccc2C#N)C1. The third kappa shape index (κ3) is 3.34. The van der Waals surface area contributed by atoms with Crippen molar-refractivity contribution in [3.8, 4) is 17.9 Å². The van der Waals surface area contributed by atoms with Crippen LogP contribution in [0.15, 0.2) is 36.5 Å². The van der Waals surface area contributed by atoms with Crippen molar-refractivity contribution in [1.29, 1.82) is 10.5 Å². The number of pyridine rings is 1. The van der Waals surface area contributed by atoms with Gasteiger partial charge in [-0.1, -0.05) is 6.07 Å². The number of ether oxygens (including phenoxy) is 1. The van der Waals surface area contributed by atoms with Gasteiger partial charge in [-0.3, -0.25) is 0 Å². The van der Waals surface area contributed by atoms with E-state index in [1.807, 2.05) is 31.1 Å². The summed E-state index contributed by atoms with van der Waals surface area (Å²) in [5.74, 6) is 1.53. The summed E-state index contributed by atoms with van der Waals surface area (Å²) in [6.07, 6.45) is 2.55. The number of hydrogen-bond donors (Lipinski definition) is 0. The van der Waals surface area contributed by atoms with E-state index in [0.717, 1.165) is 24.5 Å². The zero-order chi connectivity index (χ0) is 17.8. The van der Waals surface area contributed by atoms with E-state index in [1.165, 1.54) is 0 Å². The van der Waals surface area contributed by atoms with Gasteiger partial charge in [0, 0.05) is 33.3 Å². The molecule has 1 aromatic heterocycles. The fraction of sp³-hybridized carbons (Fsp3) is 0.316. The van der Waals surface area contributed by atoms with Crippen LogP contribution in [0.25, 0.3) is 0 Å². The number of nitriles is 2. The molecule has 126 valence electrons. The standard InChI is InChI=1S/C19H19N5O/c1-23(2)19-17(7-4-9-22-19)25-16-8-10-24(13-16)18-14(11-20)5-3-6-15(18)12-21/h3-7,9,16H,8,10,13H2,1-2H3. The quantitative estimate of drug-likeness (QED) is 0.856. The monoisotopic (exact) mass is 333 g/mol. The van der Waals surface area contributed by atoms with Crippen LogP contribution in [0.4, 0.5) is 11.5 Å². The van der Waals surface area contributed by atoms with Crippen LogP contribution in [0.2, 0.25) is 0 Å². The molecule has 0 amide bonds. The van der Waals surface area contributed by atoms with Crippen molar-refractivity contribution in [1.82, 2.24) is 4.98 Å². The van der Waals surface area contributed by atoms with Crippen molar-refractivity contribution in [2.24, 2.45) is 0 Å². The molecular formula is C19H19N5O. The lowest BCUT2D eigenvalue weighted by Crippen LogP contribution is -2.26. The van der Waals surface area contributed by atoms with Gasteiger partial charge in [0.05, 0.1) is 23.4 Å². The predicted molar refractivity (Wildman–Crippen MR) is 95.7 cm³/mol. The van der Waals surface area contributed by atoms with Crippen molar-refractivity contribution < 1.29 is 4.74 Å². The van der Waals surface area contributed by atoms with Crippen molar-refractivity contribution in [3.63, 3.8) is 0 Å². The molecule has 3 rings (SSSR count). The maximum Gasteiger partial charge on any atom is 0.170 e. The van der Waals surface area contributed by atoms with Gasteiger partial charge in [-0.25, -0.2) is 4.98 Å². The smallest absolute Gasteiger partial charge is 0.170 e. The first-order valence-corrected chi connectivity index (χ1v) is 8.11. The Morgan fingerprint density at radius 1 is 1.16 bits per heavy atom. The Morgan fingerprint density at radius 3 is 2.52 bits per heavy atom. The first kappa shape index (κ1) is 16.6. The Hall–Kier alpha value is -3.25. The van der Waals surface area contributed by atoms with Gasteiger partial charge in [0.2, 0.25) is 0 Å². The van der Waals surface area contributed by atoms with Crippen molar-refractivity contribution in [3.05, 3.63) is 47.7 Å². The molecule has 0 N–H and O–H groups in total. The number of benzene rings is 1. The van der Waals surface area contributed by atoms with Crippen LogP contribution in [-0.2, 0) is 0 Å². The molecule has 1 aliphatic heterocycles. The van der Waals surface area contributed by atoms with Gasteiger partial charge in [0.15, 0.2) is 11.6 Å². The molecule has 6 heteroatoms. The van der Waals surface area contributed by atoms with Gasteiger partial charge >= 0.3 is 0 Å². The van der Waals surface area contributed by atoms with Gasteiger partial charge in [-0.05, 0) is 24.3 Å². The number of aromatic nitrogens is 1. The fourth-order valence-electron chi connectivity index (χ4n) is 3.08. The Kier molecular flexibility index (Phi) is 4.72. The zero-order valence-corrected chi connectivity index (χ0v) is 14.3. The van der Waals surface area contributed by atoms with Crippen molar-refractivity contribution in [2.45, 2.75) is 12.5 Å². The van der Waals surface area contributed by atoms with E-state index in [9.17, 15) is 10.5 Å². The Morgan fingerprint density at radius 2 is 1.88 bits per heavy atom. The summed E-state index contributed by atoms with van der Waals surface area (Å²) in [7, 11) is 3.86. The molecule has 6 nitrogen and oxygen atoms in total. The third-order valence-corrected chi connectivity index (χ3v) is 4.21. The van der Waals surface area contributed by atoms with Crippen LogP contribution in [0, 0.1) is 22.7 Å². The molecule has 0 radical (unpaired) electrons. The lowest BCUT2D eigenvalue weighted by molar-refractivity contribution is 0.225. The molecule has 25 heavy (non-hydrogen) atoms. The van der Waals surface area contributed by atoms with E-state index in [1.54, 1.807) is 24.4 Å². The largest absolute Gasteiger partial charge is 0.485 e. The first-order valence-electron chi connectivity index (χ1n) is 8.11. The van der Waals surface area contributed by atoms with E-state index in [4.69, 9.17) is 4.74 Å². The Balaban J connectivity index is 1.80. The zero-order valence-electron chi connectivity index (χ0n) is 14.3. The molecule has 2 heterocycles. The maximum atomic E-state index is 9.37. The van der Waals surface area contributed by atoms with E-state index in [-0.39, 0.29) is 6.10 Å². The molecule has 1 fully saturated rings. The summed E-state index contributed by atoms with van der Waals surface area (Å²) in [6, 6.07) is 13.4. The summed E-state index contributed by atoms with van der Waals surface area (Å²) in [5.41, 5.74) is 1.75. The molecule has 0 saturated carbocycles. The summed E-state index contributed by atoms with van der Waals surface area (Å²) < 4.78 is 6.15. The molecule has 1 saturated heterocycles. The van der Waals surface area contributed by atoms with E-state index < -0.39 is 0 Å². The second-order valence-corrected chi connectivity index (χ2v) is 6.12. The lowest BCUT2D eigenvalue weighted by Gasteiger charge is -2.22. The molecule has 0 aliphatic carbocycles. The number of nitrogens with zero attached hydrogens (tertiary/aromatic N) is 5. The van der Waals surface area contributed by atoms with E-state index in [2.05, 4.69) is 22.0 Å². The second kappa shape index (κ2) is 7.11. The van der Waals surface area contributed by atoms with Crippen LogP contribution in [0.5, 0.6) is 5.75 Å². The van der Waals surface area contributed by atoms with Crippen LogP contribution >= 0.6 is 0 Å². The average molecular weight is 333 g/mol. The molecule has 1 unspecified atom stereocenters. The van der Waals surface area contributed by atoms with Crippen LogP contribution < -0.4 is 14.5 Å². The molecule has 1 atom stereocenters. The fourth-order valence-corrected chi connectivity index (χ4v) is 3.08. The van der Waals surface area contributed by atoms with Crippen molar-refractivity contribution >= 4 is 11.5 Å². The van der Waals surface area contributed by atoms with Crippen molar-refractivity contribution in [2.75, 3.05) is 37.0 Å². The summed E-state index contributed by atoms with van der Waals surface area (Å²) in [6.45, 7) is 1.38.